The molecule has 5 nitrogen and oxygen atoms in total. The molecule has 0 unspecified atom stereocenters. The third kappa shape index (κ3) is 7.86. The van der Waals surface area contributed by atoms with E-state index in [2.05, 4.69) is 75.8 Å². The molecule has 0 saturated carbocycles. The van der Waals surface area contributed by atoms with Crippen molar-refractivity contribution < 1.29 is 35.8 Å². The number of hydrogen-bond acceptors (Lipinski definition) is 5. The molecular formula is C47H47IrN3O2-2. The van der Waals surface area contributed by atoms with Gasteiger partial charge in [-0.25, -0.2) is 4.98 Å². The Bertz CT molecular complexity index is 2770. The van der Waals surface area contributed by atoms with Crippen molar-refractivity contribution >= 4 is 43.8 Å². The predicted molar refractivity (Wildman–Crippen MR) is 215 cm³/mol. The number of hydrogen-bond donors (Lipinski definition) is 0. The number of benzene rings is 4. The van der Waals surface area contributed by atoms with E-state index in [9.17, 15) is 0 Å². The minimum absolute atomic E-state index is 0. The topological polar surface area (TPSA) is 65.0 Å². The van der Waals surface area contributed by atoms with Crippen LogP contribution in [0, 0.1) is 24.4 Å². The van der Waals surface area contributed by atoms with Crippen LogP contribution in [0.15, 0.2) is 100 Å². The van der Waals surface area contributed by atoms with Crippen LogP contribution in [0.1, 0.15) is 91.7 Å². The third-order valence-electron chi connectivity index (χ3n) is 8.87. The Labute approximate surface area is 333 Å². The van der Waals surface area contributed by atoms with Gasteiger partial charge in [-0.15, -0.1) is 54.1 Å². The van der Waals surface area contributed by atoms with E-state index in [1.165, 1.54) is 17.8 Å². The molecule has 0 spiro atoms. The van der Waals surface area contributed by atoms with E-state index in [4.69, 9.17) is 20.7 Å². The van der Waals surface area contributed by atoms with E-state index >= 15 is 0 Å². The summed E-state index contributed by atoms with van der Waals surface area (Å²) in [7, 11) is 0. The van der Waals surface area contributed by atoms with E-state index in [0.29, 0.717) is 33.9 Å². The Morgan fingerprint density at radius 3 is 2.08 bits per heavy atom. The molecule has 0 amide bonds. The molecule has 0 saturated heterocycles. The Morgan fingerprint density at radius 2 is 1.42 bits per heavy atom. The number of aryl methyl sites for hydroxylation is 1. The number of pyridine rings is 2. The first-order valence-electron chi connectivity index (χ1n) is 20.1. The van der Waals surface area contributed by atoms with Gasteiger partial charge in [-0.1, -0.05) is 97.0 Å². The van der Waals surface area contributed by atoms with Crippen LogP contribution < -0.4 is 0 Å². The Morgan fingerprint density at radius 1 is 0.698 bits per heavy atom. The maximum atomic E-state index is 8.89. The number of fused-ring (bicyclic) bond motifs is 7. The molecule has 4 aromatic carbocycles. The van der Waals surface area contributed by atoms with Gasteiger partial charge in [0.15, 0.2) is 5.58 Å². The zero-order valence-electron chi connectivity index (χ0n) is 36.7. The second-order valence-electron chi connectivity index (χ2n) is 16.4. The molecule has 273 valence electrons. The molecule has 0 bridgehead atoms. The van der Waals surface area contributed by atoms with Gasteiger partial charge in [0.1, 0.15) is 11.1 Å². The summed E-state index contributed by atoms with van der Waals surface area (Å²) in [4.78, 5) is 13.6. The first-order chi connectivity index (χ1) is 26.6. The maximum absolute atomic E-state index is 8.89. The minimum Gasteiger partial charge on any atom is -0.500 e. The molecule has 0 aliphatic heterocycles. The molecule has 0 N–H and O–H groups in total. The molecule has 0 aliphatic rings. The summed E-state index contributed by atoms with van der Waals surface area (Å²) < 4.78 is 54.6. The Hall–Kier alpha value is -4.64. The average Bonchev–Trinajstić information content (AvgIpc) is 3.77. The Balaban J connectivity index is 0.000000280. The van der Waals surface area contributed by atoms with Gasteiger partial charge in [-0.05, 0) is 70.8 Å². The van der Waals surface area contributed by atoms with Crippen molar-refractivity contribution in [3.05, 3.63) is 126 Å². The van der Waals surface area contributed by atoms with E-state index in [1.807, 2.05) is 60.8 Å². The molecule has 8 rings (SSSR count). The SMILES string of the molecule is CC(C)(C)c1ccnc(-c2[c-]cccc2)c1.[2H]C([2H])([2H])c1cnc(-c2[c-]ccc3c2oc2c3ccc3c2ccc2nc(C(C)(C)C)oc23)cc1C([2H])([2H])C(C)(C)C.[Ir]. The van der Waals surface area contributed by atoms with Gasteiger partial charge in [0.2, 0.25) is 5.89 Å². The second-order valence-corrected chi connectivity index (χ2v) is 16.4. The van der Waals surface area contributed by atoms with Crippen molar-refractivity contribution in [3.63, 3.8) is 0 Å². The van der Waals surface area contributed by atoms with Gasteiger partial charge in [0.25, 0.3) is 0 Å². The molecule has 8 aromatic rings. The van der Waals surface area contributed by atoms with Gasteiger partial charge in [-0.2, -0.15) is 0 Å². The second kappa shape index (κ2) is 14.3. The summed E-state index contributed by atoms with van der Waals surface area (Å²) in [6, 6.07) is 31.8. The molecule has 1 radical (unpaired) electrons. The van der Waals surface area contributed by atoms with Crippen LogP contribution in [0.5, 0.6) is 0 Å². The van der Waals surface area contributed by atoms with Crippen molar-refractivity contribution in [2.75, 3.05) is 0 Å². The monoisotopic (exact) mass is 883 g/mol. The smallest absolute Gasteiger partial charge is 0.200 e. The van der Waals surface area contributed by atoms with Crippen LogP contribution in [-0.2, 0) is 37.3 Å². The zero-order valence-corrected chi connectivity index (χ0v) is 34.0. The molecule has 6 heteroatoms. The van der Waals surface area contributed by atoms with Crippen molar-refractivity contribution in [1.29, 1.82) is 0 Å². The van der Waals surface area contributed by atoms with E-state index < -0.39 is 18.6 Å². The number of furan rings is 1. The maximum Gasteiger partial charge on any atom is 0.200 e. The normalized spacial score (nSPS) is 14.2. The standard InChI is InChI=1S/C32H31N2O2.C15H16N.Ir/c1-18-17-33-26(15-19(18)16-31(2,3)4)24-10-8-9-20-21-11-12-23-22(27(21)35-28(20)24)13-14-25-29(23)36-30(34-25)32(5,6)7;1-15(2,3)13-9-10-16-14(11-13)12-7-5-4-6-8-12;/h8-9,11-15,17H,16H2,1-7H3;4-7,9-11H,1-3H3;/q2*-1;/i1D3,16D2;;. The van der Waals surface area contributed by atoms with E-state index in [1.54, 1.807) is 26.8 Å². The molecule has 0 atom stereocenters. The zero-order chi connectivity index (χ0) is 41.3. The molecule has 4 aromatic heterocycles. The van der Waals surface area contributed by atoms with Crippen LogP contribution in [0.25, 0.3) is 66.3 Å². The van der Waals surface area contributed by atoms with Crippen molar-refractivity contribution in [3.8, 4) is 22.5 Å². The van der Waals surface area contributed by atoms with Gasteiger partial charge >= 0.3 is 0 Å². The van der Waals surface area contributed by atoms with Crippen LogP contribution in [-0.4, -0.2) is 15.0 Å². The van der Waals surface area contributed by atoms with Crippen LogP contribution >= 0.6 is 0 Å². The van der Waals surface area contributed by atoms with Crippen LogP contribution in [0.3, 0.4) is 0 Å². The molecule has 53 heavy (non-hydrogen) atoms. The minimum atomic E-state index is -2.52. The summed E-state index contributed by atoms with van der Waals surface area (Å²) in [5, 5.41) is 3.53. The van der Waals surface area contributed by atoms with E-state index in [-0.39, 0.29) is 42.1 Å². The van der Waals surface area contributed by atoms with Crippen LogP contribution in [0.2, 0.25) is 0 Å². The van der Waals surface area contributed by atoms with E-state index in [0.717, 1.165) is 38.3 Å². The molecule has 0 fully saturated rings. The van der Waals surface area contributed by atoms with Crippen LogP contribution in [0.4, 0.5) is 0 Å². The fourth-order valence-corrected chi connectivity index (χ4v) is 6.20. The largest absolute Gasteiger partial charge is 0.500 e. The Kier molecular flexibility index (Phi) is 8.59. The number of oxazole rings is 1. The summed E-state index contributed by atoms with van der Waals surface area (Å²) in [6.45, 7) is 15.6. The van der Waals surface area contributed by atoms with Gasteiger partial charge in [0, 0.05) is 60.9 Å². The van der Waals surface area contributed by atoms with Gasteiger partial charge < -0.3 is 18.8 Å². The van der Waals surface area contributed by atoms with Gasteiger partial charge in [-0.3, -0.25) is 0 Å². The summed E-state index contributed by atoms with van der Waals surface area (Å²) in [6.07, 6.45) is 1.19. The third-order valence-corrected chi connectivity index (χ3v) is 8.87. The molecular weight excluding hydrogens is 831 g/mol. The first kappa shape index (κ1) is 31.8. The predicted octanol–water partition coefficient (Wildman–Crippen LogP) is 12.8. The molecule has 4 heterocycles. The van der Waals surface area contributed by atoms with Crippen molar-refractivity contribution in [2.45, 2.75) is 86.4 Å². The fourth-order valence-electron chi connectivity index (χ4n) is 6.20. The van der Waals surface area contributed by atoms with Gasteiger partial charge in [0.05, 0.1) is 5.58 Å². The fraction of sp³-hybridized carbons (Fsp3) is 0.298. The summed E-state index contributed by atoms with van der Waals surface area (Å²) in [5.74, 6) is 0.666. The summed E-state index contributed by atoms with van der Waals surface area (Å²) >= 11 is 0. The van der Waals surface area contributed by atoms with Crippen molar-refractivity contribution in [2.24, 2.45) is 5.41 Å². The summed E-state index contributed by atoms with van der Waals surface area (Å²) in [5.41, 5.74) is 6.03. The average molecular weight is 883 g/mol. The quantitative estimate of drug-likeness (QED) is 0.165. The number of rotatable bonds is 3. The molecule has 0 aliphatic carbocycles. The number of nitrogens with zero attached hydrogens (tertiary/aromatic N) is 3. The first-order valence-corrected chi connectivity index (χ1v) is 17.6. The number of aromatic nitrogens is 3. The van der Waals surface area contributed by atoms with Crippen molar-refractivity contribution in [1.82, 2.24) is 15.0 Å².